The van der Waals surface area contributed by atoms with Crippen LogP contribution in [0.3, 0.4) is 0 Å². The van der Waals surface area contributed by atoms with Crippen LogP contribution in [0.5, 0.6) is 0 Å². The van der Waals surface area contributed by atoms with Crippen LogP contribution >= 0.6 is 0 Å². The van der Waals surface area contributed by atoms with Gasteiger partial charge >= 0.3 is 0 Å². The molecule has 2 atom stereocenters. The average molecular weight is 389 g/mol. The third-order valence-electron chi connectivity index (χ3n) is 11.4. The summed E-state index contributed by atoms with van der Waals surface area (Å²) in [6.45, 7) is 4.67. The van der Waals surface area contributed by atoms with Crippen LogP contribution in [0.25, 0.3) is 0 Å². The maximum absolute atomic E-state index is 2.57. The van der Waals surface area contributed by atoms with Gasteiger partial charge in [0.05, 0.1) is 0 Å². The monoisotopic (exact) mass is 388 g/mol. The van der Waals surface area contributed by atoms with Crippen LogP contribution in [0.2, 0.25) is 0 Å². The summed E-state index contributed by atoms with van der Waals surface area (Å²) >= 11 is 0. The fourth-order valence-corrected chi connectivity index (χ4v) is 11.2. The second-order valence-electron chi connectivity index (χ2n) is 13.5. The lowest BCUT2D eigenvalue weighted by molar-refractivity contribution is -0.205. The highest BCUT2D eigenvalue weighted by Gasteiger charge is 2.67. The van der Waals surface area contributed by atoms with Gasteiger partial charge in [-0.3, -0.25) is 0 Å². The molecule has 8 fully saturated rings. The molecule has 0 amide bonds. The topological polar surface area (TPSA) is 0 Å². The molecule has 0 heterocycles. The summed E-state index contributed by atoms with van der Waals surface area (Å²) in [5.74, 6) is 6.04. The van der Waals surface area contributed by atoms with Gasteiger partial charge in [0.2, 0.25) is 0 Å². The first-order valence-electron chi connectivity index (χ1n) is 13.1. The summed E-state index contributed by atoms with van der Waals surface area (Å²) < 4.78 is 0. The van der Waals surface area contributed by atoms with Gasteiger partial charge in [-0.15, -0.1) is 0 Å². The van der Waals surface area contributed by atoms with Gasteiger partial charge in [0, 0.05) is 0 Å². The minimum absolute atomic E-state index is 0.531. The van der Waals surface area contributed by atoms with Crippen molar-refractivity contribution >= 4 is 0 Å². The predicted octanol–water partition coefficient (Wildman–Crippen LogP) is 7.86. The van der Waals surface area contributed by atoms with Crippen LogP contribution < -0.4 is 0 Å². The maximum atomic E-state index is 2.57. The van der Waals surface area contributed by atoms with E-state index in [0.29, 0.717) is 16.7 Å². The molecule has 8 bridgehead atoms. The van der Waals surface area contributed by atoms with Crippen LogP contribution in [-0.4, -0.2) is 0 Å². The van der Waals surface area contributed by atoms with E-state index >= 15 is 0 Å². The summed E-state index contributed by atoms with van der Waals surface area (Å²) in [6, 6.07) is 10.1. The molecule has 0 N–H and O–H groups in total. The molecule has 8 saturated carbocycles. The number of benzene rings is 1. The fraction of sp³-hybridized carbons (Fsp3) is 0.793. The van der Waals surface area contributed by atoms with Crippen molar-refractivity contribution in [3.05, 3.63) is 35.4 Å². The van der Waals surface area contributed by atoms with Crippen molar-refractivity contribution in [1.82, 2.24) is 0 Å². The minimum atomic E-state index is 0.531. The molecule has 0 heteroatoms. The predicted molar refractivity (Wildman–Crippen MR) is 120 cm³/mol. The molecule has 8 aliphatic rings. The fourth-order valence-electron chi connectivity index (χ4n) is 11.2. The van der Waals surface area contributed by atoms with Crippen molar-refractivity contribution in [2.75, 3.05) is 0 Å². The summed E-state index contributed by atoms with van der Waals surface area (Å²) in [5.41, 5.74) is 5.24. The molecule has 0 aliphatic heterocycles. The van der Waals surface area contributed by atoms with Crippen molar-refractivity contribution in [1.29, 1.82) is 0 Å². The van der Waals surface area contributed by atoms with E-state index in [2.05, 4.69) is 38.1 Å². The molecular formula is C29H40. The average Bonchev–Trinajstić information content (AvgIpc) is 2.66. The molecule has 156 valence electrons. The Labute approximate surface area is 178 Å². The Morgan fingerprint density at radius 1 is 0.621 bits per heavy atom. The lowest BCUT2D eigenvalue weighted by atomic mass is 9.32. The lowest BCUT2D eigenvalue weighted by Crippen LogP contribution is -2.63. The first-order chi connectivity index (χ1) is 14.0. The highest BCUT2D eigenvalue weighted by molar-refractivity contribution is 5.35. The highest BCUT2D eigenvalue weighted by Crippen LogP contribution is 2.77. The molecule has 0 nitrogen and oxygen atoms in total. The summed E-state index contributed by atoms with van der Waals surface area (Å²) in [6.07, 6.45) is 19.1. The SMILES string of the molecule is CC(C)c1ccc(C23CC4CC(C2)CC(C25CC6CC(CC(C6)C2)C5)(C4)C3)cc1. The second-order valence-corrected chi connectivity index (χ2v) is 13.5. The van der Waals surface area contributed by atoms with Crippen molar-refractivity contribution in [3.8, 4) is 0 Å². The second kappa shape index (κ2) is 5.72. The van der Waals surface area contributed by atoms with Gasteiger partial charge < -0.3 is 0 Å². The number of hydrogen-bond donors (Lipinski definition) is 0. The van der Waals surface area contributed by atoms with Crippen LogP contribution in [0.4, 0.5) is 0 Å². The Morgan fingerprint density at radius 3 is 1.62 bits per heavy atom. The molecule has 2 unspecified atom stereocenters. The molecular weight excluding hydrogens is 348 g/mol. The highest BCUT2D eigenvalue weighted by atomic mass is 14.7. The molecule has 29 heavy (non-hydrogen) atoms. The molecule has 0 aromatic heterocycles. The zero-order chi connectivity index (χ0) is 19.4. The van der Waals surface area contributed by atoms with E-state index in [1.807, 2.05) is 0 Å². The van der Waals surface area contributed by atoms with Gasteiger partial charge in [-0.05, 0) is 140 Å². The van der Waals surface area contributed by atoms with Gasteiger partial charge in [0.25, 0.3) is 0 Å². The van der Waals surface area contributed by atoms with E-state index in [1.54, 1.807) is 69.8 Å². The number of rotatable bonds is 3. The first kappa shape index (κ1) is 17.9. The molecule has 0 radical (unpaired) electrons. The third-order valence-corrected chi connectivity index (χ3v) is 11.4. The maximum Gasteiger partial charge on any atom is -0.00362 e. The van der Waals surface area contributed by atoms with Crippen molar-refractivity contribution < 1.29 is 0 Å². The van der Waals surface area contributed by atoms with Gasteiger partial charge in [0.15, 0.2) is 0 Å². The van der Waals surface area contributed by atoms with Crippen molar-refractivity contribution in [3.63, 3.8) is 0 Å². The summed E-state index contributed by atoms with van der Waals surface area (Å²) in [5, 5.41) is 0. The Hall–Kier alpha value is -0.780. The minimum Gasteiger partial charge on any atom is -0.0587 e. The Morgan fingerprint density at radius 2 is 1.10 bits per heavy atom. The van der Waals surface area contributed by atoms with E-state index in [-0.39, 0.29) is 0 Å². The van der Waals surface area contributed by atoms with Crippen LogP contribution in [-0.2, 0) is 5.41 Å². The molecule has 1 aromatic rings. The van der Waals surface area contributed by atoms with Crippen molar-refractivity contribution in [2.24, 2.45) is 40.4 Å². The smallest absolute Gasteiger partial charge is 0.00362 e. The quantitative estimate of drug-likeness (QED) is 0.494. The van der Waals surface area contributed by atoms with Crippen molar-refractivity contribution in [2.45, 2.75) is 102 Å². The normalized spacial score (nSPS) is 51.9. The van der Waals surface area contributed by atoms with Gasteiger partial charge in [-0.25, -0.2) is 0 Å². The van der Waals surface area contributed by atoms with Gasteiger partial charge in [0.1, 0.15) is 0 Å². The van der Waals surface area contributed by atoms with Crippen LogP contribution in [0, 0.1) is 40.4 Å². The van der Waals surface area contributed by atoms with E-state index in [0.717, 1.165) is 35.0 Å². The van der Waals surface area contributed by atoms with Gasteiger partial charge in [-0.1, -0.05) is 38.1 Å². The number of hydrogen-bond acceptors (Lipinski definition) is 0. The Kier molecular flexibility index (Phi) is 3.52. The van der Waals surface area contributed by atoms with Gasteiger partial charge in [-0.2, -0.15) is 0 Å². The molecule has 0 saturated heterocycles. The largest absolute Gasteiger partial charge is 0.0587 e. The van der Waals surface area contributed by atoms with Crippen LogP contribution in [0.15, 0.2) is 24.3 Å². The summed E-state index contributed by atoms with van der Waals surface area (Å²) in [7, 11) is 0. The lowest BCUT2D eigenvalue weighted by Gasteiger charge is -2.72. The first-order valence-corrected chi connectivity index (χ1v) is 13.1. The zero-order valence-electron chi connectivity index (χ0n) is 18.8. The standard InChI is InChI=1S/C29H40/c1-19(2)25-3-5-26(6-4-25)27-11-23-10-24(12-27)17-29(16-23,18-27)28-13-20-7-21(14-28)9-22(8-20)15-28/h3-6,19-24H,7-18H2,1-2H3. The van der Waals surface area contributed by atoms with Crippen LogP contribution in [0.1, 0.15) is 108 Å². The Balaban J connectivity index is 1.29. The molecule has 9 rings (SSSR count). The summed E-state index contributed by atoms with van der Waals surface area (Å²) in [4.78, 5) is 0. The van der Waals surface area contributed by atoms with E-state index in [1.165, 1.54) is 18.4 Å². The molecule has 0 spiro atoms. The molecule has 8 aliphatic carbocycles. The Bertz CT molecular complexity index is 762. The molecule has 1 aromatic carbocycles. The third kappa shape index (κ3) is 2.38. The van der Waals surface area contributed by atoms with E-state index in [9.17, 15) is 0 Å². The zero-order valence-corrected chi connectivity index (χ0v) is 18.8. The van der Waals surface area contributed by atoms with E-state index < -0.39 is 0 Å². The van der Waals surface area contributed by atoms with E-state index in [4.69, 9.17) is 0 Å².